The van der Waals surface area contributed by atoms with Crippen molar-refractivity contribution in [3.63, 3.8) is 0 Å². The average molecular weight is 491 g/mol. The van der Waals surface area contributed by atoms with Gasteiger partial charge in [-0.25, -0.2) is 17.8 Å². The number of alkyl halides is 6. The van der Waals surface area contributed by atoms with Crippen molar-refractivity contribution in [2.45, 2.75) is 42.1 Å². The molecule has 1 atom stereocenters. The van der Waals surface area contributed by atoms with Gasteiger partial charge in [-0.3, -0.25) is 4.72 Å². The van der Waals surface area contributed by atoms with E-state index in [2.05, 4.69) is 14.7 Å². The van der Waals surface area contributed by atoms with Crippen molar-refractivity contribution < 1.29 is 48.6 Å². The first-order valence-corrected chi connectivity index (χ1v) is 10.3. The van der Waals surface area contributed by atoms with Gasteiger partial charge in [-0.05, 0) is 18.4 Å². The smallest absolute Gasteiger partial charge is 0.436 e. The number of fused-ring (bicyclic) bond motifs is 1. The number of rotatable bonds is 5. The van der Waals surface area contributed by atoms with E-state index in [1.54, 1.807) is 0 Å². The molecule has 15 heteroatoms. The van der Waals surface area contributed by atoms with Crippen LogP contribution in [0, 0.1) is 5.82 Å². The molecule has 3 rings (SSSR count). The van der Waals surface area contributed by atoms with Crippen LogP contribution in [0.4, 0.5) is 36.4 Å². The maximum atomic E-state index is 13.9. The van der Waals surface area contributed by atoms with Gasteiger partial charge in [0.15, 0.2) is 17.1 Å². The predicted octanol–water partition coefficient (Wildman–Crippen LogP) is 3.81. The summed E-state index contributed by atoms with van der Waals surface area (Å²) >= 11 is 0. The van der Waals surface area contributed by atoms with Crippen LogP contribution in [0.15, 0.2) is 17.2 Å². The molecule has 0 bridgehead atoms. The first-order valence-electron chi connectivity index (χ1n) is 8.81. The van der Waals surface area contributed by atoms with E-state index in [0.717, 1.165) is 20.4 Å². The highest BCUT2D eigenvalue weighted by molar-refractivity contribution is 7.92. The maximum absolute atomic E-state index is 13.9. The lowest BCUT2D eigenvalue weighted by molar-refractivity contribution is -0.273. The third-order valence-corrected chi connectivity index (χ3v) is 6.56. The number of methoxy groups -OCH3 is 2. The van der Waals surface area contributed by atoms with E-state index in [-0.39, 0.29) is 23.7 Å². The van der Waals surface area contributed by atoms with Crippen molar-refractivity contribution in [2.24, 2.45) is 0 Å². The van der Waals surface area contributed by atoms with E-state index in [4.69, 9.17) is 4.74 Å². The number of H-pyrrole nitrogens is 1. The van der Waals surface area contributed by atoms with E-state index < -0.39 is 68.8 Å². The van der Waals surface area contributed by atoms with Crippen LogP contribution >= 0.6 is 0 Å². The van der Waals surface area contributed by atoms with Gasteiger partial charge in [0.05, 0.1) is 7.11 Å². The number of ether oxygens (including phenoxy) is 2. The van der Waals surface area contributed by atoms with Crippen molar-refractivity contribution >= 4 is 15.7 Å². The fourth-order valence-electron chi connectivity index (χ4n) is 3.48. The van der Waals surface area contributed by atoms with Crippen molar-refractivity contribution in [2.75, 3.05) is 18.9 Å². The molecular weight excluding hydrogens is 475 g/mol. The molecule has 2 aromatic heterocycles. The molecule has 2 N–H and O–H groups in total. The van der Waals surface area contributed by atoms with Crippen LogP contribution in [0.25, 0.3) is 0 Å². The van der Waals surface area contributed by atoms with Crippen LogP contribution in [-0.2, 0) is 33.8 Å². The Morgan fingerprint density at radius 2 is 1.84 bits per heavy atom. The van der Waals surface area contributed by atoms with Gasteiger partial charge in [-0.2, -0.15) is 26.3 Å². The number of halogens is 7. The Labute approximate surface area is 177 Å². The highest BCUT2D eigenvalue weighted by Gasteiger charge is 2.57. The zero-order chi connectivity index (χ0) is 24.1. The van der Waals surface area contributed by atoms with Crippen molar-refractivity contribution in [1.29, 1.82) is 0 Å². The Hall–Kier alpha value is -2.55. The van der Waals surface area contributed by atoms with Crippen LogP contribution in [-0.4, -0.2) is 44.4 Å². The minimum Gasteiger partial charge on any atom is -0.479 e. The minimum absolute atomic E-state index is 0.0283. The molecule has 0 radical (unpaired) electrons. The topological polar surface area (TPSA) is 93.3 Å². The second kappa shape index (κ2) is 7.79. The molecule has 1 unspecified atom stereocenters. The number of sulfonamides is 1. The second-order valence-electron chi connectivity index (χ2n) is 6.96. The van der Waals surface area contributed by atoms with Crippen LogP contribution in [0.3, 0.4) is 0 Å². The van der Waals surface area contributed by atoms with E-state index in [1.807, 2.05) is 4.72 Å². The van der Waals surface area contributed by atoms with Gasteiger partial charge in [0, 0.05) is 31.5 Å². The molecule has 0 spiro atoms. The number of anilines is 1. The van der Waals surface area contributed by atoms with Crippen molar-refractivity contribution in [3.05, 3.63) is 35.0 Å². The molecule has 2 heterocycles. The first kappa shape index (κ1) is 24.1. The van der Waals surface area contributed by atoms with E-state index in [1.165, 1.54) is 0 Å². The third-order valence-electron chi connectivity index (χ3n) is 5.12. The summed E-state index contributed by atoms with van der Waals surface area (Å²) in [7, 11) is -2.76. The van der Waals surface area contributed by atoms with Gasteiger partial charge in [0.2, 0.25) is 5.88 Å². The van der Waals surface area contributed by atoms with Gasteiger partial charge in [0.25, 0.3) is 10.0 Å². The number of nitrogens with one attached hydrogen (secondary N) is 2. The summed E-state index contributed by atoms with van der Waals surface area (Å²) in [5, 5.41) is 0. The standard InChI is InChI=1S/C17H16F7N3O4S/c1-30-14-10(5-9(18)13(26-14)16(19,20)21)27-32(28,29)12-7-25-11-6-15(31-2,17(22,23)24)4-3-8(11)12/h5,7,25,27H,3-4,6H2,1-2H3. The Morgan fingerprint density at radius 1 is 1.19 bits per heavy atom. The highest BCUT2D eigenvalue weighted by atomic mass is 32.2. The first-order chi connectivity index (χ1) is 14.6. The quantitative estimate of drug-likeness (QED) is 0.621. The zero-order valence-electron chi connectivity index (χ0n) is 16.4. The molecule has 2 aromatic rings. The second-order valence-corrected chi connectivity index (χ2v) is 8.61. The summed E-state index contributed by atoms with van der Waals surface area (Å²) in [6.45, 7) is 0. The van der Waals surface area contributed by atoms with E-state index >= 15 is 0 Å². The Balaban J connectivity index is 1.97. The molecule has 178 valence electrons. The van der Waals surface area contributed by atoms with Crippen LogP contribution < -0.4 is 9.46 Å². The van der Waals surface area contributed by atoms with Gasteiger partial charge in [0.1, 0.15) is 10.6 Å². The van der Waals surface area contributed by atoms with Crippen molar-refractivity contribution in [3.8, 4) is 5.88 Å². The molecule has 1 aliphatic rings. The van der Waals surface area contributed by atoms with Crippen LogP contribution in [0.1, 0.15) is 23.4 Å². The fraction of sp³-hybridized carbons (Fsp3) is 0.471. The molecule has 0 aromatic carbocycles. The number of pyridine rings is 1. The Bertz CT molecular complexity index is 1130. The monoisotopic (exact) mass is 491 g/mol. The fourth-order valence-corrected chi connectivity index (χ4v) is 4.79. The SMILES string of the molecule is COc1nc(C(F)(F)F)c(F)cc1NS(=O)(=O)c1c[nH]c2c1CCC(OC)(C(F)(F)F)C2. The molecule has 32 heavy (non-hydrogen) atoms. The summed E-state index contributed by atoms with van der Waals surface area (Å²) < 4.78 is 130. The van der Waals surface area contributed by atoms with E-state index in [9.17, 15) is 39.2 Å². The minimum atomic E-state index is -5.15. The molecule has 0 saturated carbocycles. The van der Waals surface area contributed by atoms with Crippen molar-refractivity contribution in [1.82, 2.24) is 9.97 Å². The molecule has 1 aliphatic carbocycles. The Kier molecular flexibility index (Phi) is 5.87. The molecular formula is C17H16F7N3O4S. The predicted molar refractivity (Wildman–Crippen MR) is 95.2 cm³/mol. The molecule has 0 saturated heterocycles. The summed E-state index contributed by atoms with van der Waals surface area (Å²) in [5.41, 5.74) is -5.10. The largest absolute Gasteiger partial charge is 0.479 e. The molecule has 0 aliphatic heterocycles. The lowest BCUT2D eigenvalue weighted by atomic mass is 9.83. The molecule has 7 nitrogen and oxygen atoms in total. The average Bonchev–Trinajstić information content (AvgIpc) is 3.09. The lowest BCUT2D eigenvalue weighted by Gasteiger charge is -2.37. The summed E-state index contributed by atoms with van der Waals surface area (Å²) in [5.74, 6) is -2.69. The number of nitrogens with zero attached hydrogens (tertiary/aromatic N) is 1. The number of hydrogen-bond donors (Lipinski definition) is 2. The van der Waals surface area contributed by atoms with Gasteiger partial charge >= 0.3 is 12.4 Å². The highest BCUT2D eigenvalue weighted by Crippen LogP contribution is 2.44. The van der Waals surface area contributed by atoms with Crippen LogP contribution in [0.2, 0.25) is 0 Å². The molecule has 0 amide bonds. The zero-order valence-corrected chi connectivity index (χ0v) is 17.2. The molecule has 0 fully saturated rings. The Morgan fingerprint density at radius 3 is 2.38 bits per heavy atom. The van der Waals surface area contributed by atoms with Gasteiger partial charge in [-0.1, -0.05) is 0 Å². The third kappa shape index (κ3) is 4.10. The normalized spacial score (nSPS) is 19.5. The van der Waals surface area contributed by atoms with Gasteiger partial charge in [-0.15, -0.1) is 0 Å². The number of hydrogen-bond acceptors (Lipinski definition) is 5. The number of aromatic amines is 1. The number of aromatic nitrogens is 2. The summed E-state index contributed by atoms with van der Waals surface area (Å²) in [6, 6.07) is 0.255. The van der Waals surface area contributed by atoms with Crippen LogP contribution in [0.5, 0.6) is 5.88 Å². The summed E-state index contributed by atoms with van der Waals surface area (Å²) in [4.78, 5) is 5.01. The maximum Gasteiger partial charge on any atom is 0.436 e. The van der Waals surface area contributed by atoms with E-state index in [0.29, 0.717) is 0 Å². The van der Waals surface area contributed by atoms with Gasteiger partial charge < -0.3 is 14.5 Å². The lowest BCUT2D eigenvalue weighted by Crippen LogP contribution is -2.51. The summed E-state index contributed by atoms with van der Waals surface area (Å²) in [6.07, 6.45) is -10.5.